The molecule has 2 atom stereocenters. The van der Waals surface area contributed by atoms with Crippen molar-refractivity contribution in [2.45, 2.75) is 181 Å². The Kier molecular flexibility index (Phi) is 18.2. The fourth-order valence-corrected chi connectivity index (χ4v) is 11.4. The zero-order valence-corrected chi connectivity index (χ0v) is 56.8. The Morgan fingerprint density at radius 2 is 0.709 bits per heavy atom. The first-order chi connectivity index (χ1) is 40.1. The van der Waals surface area contributed by atoms with Gasteiger partial charge in [0.25, 0.3) is 0 Å². The molecule has 0 aromatic heterocycles. The van der Waals surface area contributed by atoms with Gasteiger partial charge < -0.3 is 46.7 Å². The Hall–Kier alpha value is -4.26. The molecule has 12 rings (SSSR count). The standard InChI is InChI=1S/C33H38B2ClNO5.C21H14Br2ClNO.C12H24B2O4/c1-30(2)31(3,4)40-34(39-30)23-15-17-26(36)22(18-23)19-27-25-16-14-24(35-41-32(5,6)33(7,8)42-35)20-28(25)38-29(37-27)21-12-10-9-11-13-21;22-15-7-9-18(24)14(10-15)11-19-17-8-6-16(23)12-20(17)26-21(25-19)13-4-2-1-3-5-13;1-9(2)10(3,4)16-13(15-9)14-17-11(5,6)12(7,8)18-14/h9-18,20,29H,19H2,1-8H3;1-10,12,21H,11H2;1-8H3. The van der Waals surface area contributed by atoms with Crippen LogP contribution < -0.4 is 20.4 Å². The third-order valence-corrected chi connectivity index (χ3v) is 20.1. The maximum Gasteiger partial charge on any atom is 0.494 e. The van der Waals surface area contributed by atoms with Gasteiger partial charge in [-0.1, -0.05) is 134 Å². The van der Waals surface area contributed by atoms with Crippen LogP contribution >= 0.6 is 55.1 Å². The van der Waals surface area contributed by atoms with Crippen LogP contribution in [0.2, 0.25) is 10.0 Å². The molecular formula is C66H76B4Br2Cl2N2O10. The number of benzene rings is 6. The number of fused-ring (bicyclic) bond motifs is 2. The molecule has 4 fully saturated rings. The predicted molar refractivity (Wildman–Crippen MR) is 355 cm³/mol. The predicted octanol–water partition coefficient (Wildman–Crippen LogP) is 15.3. The number of halogens is 4. The largest absolute Gasteiger partial charge is 0.494 e. The minimum atomic E-state index is -0.493. The molecule has 450 valence electrons. The third-order valence-electron chi connectivity index (χ3n) is 18.4. The summed E-state index contributed by atoms with van der Waals surface area (Å²) in [4.78, 5) is 9.98. The van der Waals surface area contributed by atoms with E-state index in [1.807, 2.05) is 183 Å². The molecule has 6 aromatic rings. The van der Waals surface area contributed by atoms with Gasteiger partial charge in [-0.15, -0.1) is 0 Å². The molecule has 12 nitrogen and oxygen atoms in total. The maximum atomic E-state index is 6.78. The summed E-state index contributed by atoms with van der Waals surface area (Å²) in [5, 5.41) is 1.40. The van der Waals surface area contributed by atoms with Gasteiger partial charge in [0.1, 0.15) is 11.5 Å². The maximum absolute atomic E-state index is 6.78. The van der Waals surface area contributed by atoms with Crippen molar-refractivity contribution < 1.29 is 46.7 Å². The molecule has 6 aliphatic heterocycles. The van der Waals surface area contributed by atoms with Crippen molar-refractivity contribution in [3.05, 3.63) is 186 Å². The van der Waals surface area contributed by atoms with Crippen LogP contribution in [0.1, 0.15) is 157 Å². The van der Waals surface area contributed by atoms with Crippen molar-refractivity contribution >= 4 is 106 Å². The van der Waals surface area contributed by atoms with E-state index in [-0.39, 0.29) is 28.6 Å². The van der Waals surface area contributed by atoms with E-state index in [0.717, 1.165) is 81.2 Å². The topological polar surface area (TPSA) is 117 Å². The Morgan fingerprint density at radius 1 is 0.384 bits per heavy atom. The van der Waals surface area contributed by atoms with E-state index in [9.17, 15) is 0 Å². The van der Waals surface area contributed by atoms with Gasteiger partial charge >= 0.3 is 28.3 Å². The Morgan fingerprint density at radius 3 is 1.14 bits per heavy atom. The van der Waals surface area contributed by atoms with Gasteiger partial charge in [-0.2, -0.15) is 0 Å². The summed E-state index contributed by atoms with van der Waals surface area (Å²) in [6.07, 6.45) is 0.299. The SMILES string of the molecule is CC1(C)OB(B2OC(C)(C)C(C)(C)O2)OC1(C)C.CC1(C)OB(c2ccc(Cl)c(CC3=NC(c4ccccc4)Oc4cc(B5OC(C)(C)C(C)(C)O5)ccc43)c2)OC1(C)C.Clc1ccc(Br)cc1CC1=NC(c2ccccc2)Oc2cc(Br)ccc21. The van der Waals surface area contributed by atoms with Gasteiger partial charge in [-0.25, -0.2) is 9.98 Å². The molecule has 0 radical (unpaired) electrons. The molecular weight excluding hydrogens is 1250 g/mol. The van der Waals surface area contributed by atoms with Gasteiger partial charge in [0, 0.05) is 54.1 Å². The van der Waals surface area contributed by atoms with E-state index in [0.29, 0.717) is 17.9 Å². The Labute approximate surface area is 536 Å². The van der Waals surface area contributed by atoms with Gasteiger partial charge in [0.05, 0.1) is 56.2 Å². The number of ether oxygens (including phenoxy) is 2. The molecule has 2 unspecified atom stereocenters. The lowest BCUT2D eigenvalue weighted by Crippen LogP contribution is -2.41. The van der Waals surface area contributed by atoms with E-state index in [1.165, 1.54) is 0 Å². The first-order valence-electron chi connectivity index (χ1n) is 29.3. The van der Waals surface area contributed by atoms with Crippen molar-refractivity contribution in [1.82, 2.24) is 0 Å². The van der Waals surface area contributed by atoms with Crippen LogP contribution in [0.25, 0.3) is 0 Å². The average Bonchev–Trinajstić information content (AvgIpc) is 1.68. The monoisotopic (exact) mass is 1330 g/mol. The zero-order chi connectivity index (χ0) is 62.2. The first kappa shape index (κ1) is 64.7. The lowest BCUT2D eigenvalue weighted by molar-refractivity contribution is 0.00578. The molecule has 20 heteroatoms. The molecule has 0 bridgehead atoms. The van der Waals surface area contributed by atoms with Crippen LogP contribution in [0.3, 0.4) is 0 Å². The van der Waals surface area contributed by atoms with E-state index >= 15 is 0 Å². The second-order valence-corrected chi connectivity index (χ2v) is 29.3. The summed E-state index contributed by atoms with van der Waals surface area (Å²) in [7, 11) is -1.92. The lowest BCUT2D eigenvalue weighted by Gasteiger charge is -2.32. The second-order valence-electron chi connectivity index (χ2n) is 26.7. The summed E-state index contributed by atoms with van der Waals surface area (Å²) in [6, 6.07) is 44.0. The summed E-state index contributed by atoms with van der Waals surface area (Å²) < 4.78 is 63.8. The number of hydrogen-bond donors (Lipinski definition) is 0. The summed E-state index contributed by atoms with van der Waals surface area (Å²) in [5.74, 6) is 1.56. The van der Waals surface area contributed by atoms with Crippen molar-refractivity contribution in [1.29, 1.82) is 0 Å². The molecule has 4 saturated heterocycles. The summed E-state index contributed by atoms with van der Waals surface area (Å²) in [5.41, 5.74) is 6.39. The summed E-state index contributed by atoms with van der Waals surface area (Å²) in [6.45, 7) is 32.6. The smallest absolute Gasteiger partial charge is 0.464 e. The quantitative estimate of drug-likeness (QED) is 0.130. The van der Waals surface area contributed by atoms with Crippen molar-refractivity contribution in [3.63, 3.8) is 0 Å². The fraction of sp³-hybridized carbons (Fsp3) is 0.424. The number of nitrogens with zero attached hydrogens (tertiary/aromatic N) is 2. The highest BCUT2D eigenvalue weighted by molar-refractivity contribution is 9.10. The molecule has 0 spiro atoms. The van der Waals surface area contributed by atoms with Crippen LogP contribution in [0, 0.1) is 0 Å². The Bertz CT molecular complexity index is 3450. The average molecular weight is 1330 g/mol. The number of rotatable bonds is 9. The van der Waals surface area contributed by atoms with Crippen LogP contribution in [0.15, 0.2) is 152 Å². The number of aliphatic imine (C=N–C) groups is 2. The number of hydrogen-bond acceptors (Lipinski definition) is 12. The molecule has 86 heavy (non-hydrogen) atoms. The normalized spacial score (nSPS) is 22.9. The van der Waals surface area contributed by atoms with Crippen LogP contribution in [-0.4, -0.2) is 84.5 Å². The molecule has 6 heterocycles. The van der Waals surface area contributed by atoms with Gasteiger partial charge in [-0.3, -0.25) is 0 Å². The molecule has 0 amide bonds. The van der Waals surface area contributed by atoms with Crippen LogP contribution in [-0.2, 0) is 50.1 Å². The van der Waals surface area contributed by atoms with Gasteiger partial charge in [0.15, 0.2) is 0 Å². The second kappa shape index (κ2) is 24.2. The Balaban J connectivity index is 0.000000158. The molecule has 0 saturated carbocycles. The minimum Gasteiger partial charge on any atom is -0.464 e. The van der Waals surface area contributed by atoms with Crippen molar-refractivity contribution in [2.24, 2.45) is 9.98 Å². The van der Waals surface area contributed by atoms with Crippen LogP contribution in [0.4, 0.5) is 0 Å². The molecule has 6 aromatic carbocycles. The highest BCUT2D eigenvalue weighted by Crippen LogP contribution is 2.45. The molecule has 6 aliphatic rings. The highest BCUT2D eigenvalue weighted by Gasteiger charge is 2.64. The fourth-order valence-electron chi connectivity index (χ4n) is 10.2. The third kappa shape index (κ3) is 13.4. The van der Waals surface area contributed by atoms with E-state index in [4.69, 9.17) is 79.9 Å². The summed E-state index contributed by atoms with van der Waals surface area (Å²) >= 11 is 20.2. The van der Waals surface area contributed by atoms with Crippen molar-refractivity contribution in [2.75, 3.05) is 0 Å². The molecule has 0 N–H and O–H groups in total. The molecule has 0 aliphatic carbocycles. The van der Waals surface area contributed by atoms with E-state index in [1.54, 1.807) is 0 Å². The zero-order valence-electron chi connectivity index (χ0n) is 52.1. The van der Waals surface area contributed by atoms with E-state index < -0.39 is 56.9 Å². The van der Waals surface area contributed by atoms with Gasteiger partial charge in [0.2, 0.25) is 12.5 Å². The lowest BCUT2D eigenvalue weighted by atomic mass is 9.49. The van der Waals surface area contributed by atoms with E-state index in [2.05, 4.69) is 93.3 Å². The highest BCUT2D eigenvalue weighted by atomic mass is 79.9. The minimum absolute atomic E-state index is 0.360. The van der Waals surface area contributed by atoms with Crippen molar-refractivity contribution in [3.8, 4) is 11.5 Å². The first-order valence-corrected chi connectivity index (χ1v) is 31.6. The van der Waals surface area contributed by atoms with Crippen LogP contribution in [0.5, 0.6) is 11.5 Å². The van der Waals surface area contributed by atoms with Gasteiger partial charge in [-0.05, 0) is 187 Å².